The molecule has 1 aliphatic rings. The molecule has 0 bridgehead atoms. The summed E-state index contributed by atoms with van der Waals surface area (Å²) >= 11 is 1.61. The SMILES string of the molecule is Nc1ccc(CCCN2CCN(c3nsc4ccccc34)CC2)cc1. The second kappa shape index (κ2) is 7.42. The van der Waals surface area contributed by atoms with Gasteiger partial charge in [0.25, 0.3) is 0 Å². The number of hydrogen-bond donors (Lipinski definition) is 1. The summed E-state index contributed by atoms with van der Waals surface area (Å²) in [6, 6.07) is 16.8. The molecule has 4 nitrogen and oxygen atoms in total. The van der Waals surface area contributed by atoms with Crippen molar-refractivity contribution in [3.05, 3.63) is 54.1 Å². The second-order valence-corrected chi connectivity index (χ2v) is 7.48. The van der Waals surface area contributed by atoms with Gasteiger partial charge in [0.1, 0.15) is 5.82 Å². The molecule has 25 heavy (non-hydrogen) atoms. The van der Waals surface area contributed by atoms with Crippen molar-refractivity contribution in [2.75, 3.05) is 43.4 Å². The van der Waals surface area contributed by atoms with Crippen LogP contribution in [0.25, 0.3) is 10.1 Å². The van der Waals surface area contributed by atoms with E-state index in [1.807, 2.05) is 12.1 Å². The Morgan fingerprint density at radius 3 is 2.52 bits per heavy atom. The number of anilines is 2. The van der Waals surface area contributed by atoms with Crippen molar-refractivity contribution in [2.45, 2.75) is 12.8 Å². The molecule has 2 aromatic carbocycles. The van der Waals surface area contributed by atoms with E-state index in [0.717, 1.165) is 44.8 Å². The van der Waals surface area contributed by atoms with E-state index in [4.69, 9.17) is 10.1 Å². The van der Waals surface area contributed by atoms with Crippen LogP contribution in [0.5, 0.6) is 0 Å². The third-order valence-electron chi connectivity index (χ3n) is 4.95. The molecule has 1 saturated heterocycles. The zero-order chi connectivity index (χ0) is 17.1. The number of aromatic nitrogens is 1. The van der Waals surface area contributed by atoms with Gasteiger partial charge in [-0.2, -0.15) is 4.37 Å². The third-order valence-corrected chi connectivity index (χ3v) is 5.77. The van der Waals surface area contributed by atoms with E-state index >= 15 is 0 Å². The van der Waals surface area contributed by atoms with Gasteiger partial charge in [0.15, 0.2) is 0 Å². The Kier molecular flexibility index (Phi) is 4.85. The molecule has 0 unspecified atom stereocenters. The van der Waals surface area contributed by atoms with Crippen molar-refractivity contribution in [3.63, 3.8) is 0 Å². The summed E-state index contributed by atoms with van der Waals surface area (Å²) in [7, 11) is 0. The van der Waals surface area contributed by atoms with Gasteiger partial charge in [-0.05, 0) is 60.7 Å². The number of rotatable bonds is 5. The second-order valence-electron chi connectivity index (χ2n) is 6.68. The number of fused-ring (bicyclic) bond motifs is 1. The average molecular weight is 353 g/mol. The molecule has 1 aromatic heterocycles. The van der Waals surface area contributed by atoms with E-state index < -0.39 is 0 Å². The van der Waals surface area contributed by atoms with Gasteiger partial charge in [-0.1, -0.05) is 24.3 Å². The molecular weight excluding hydrogens is 328 g/mol. The topological polar surface area (TPSA) is 45.4 Å². The summed E-state index contributed by atoms with van der Waals surface area (Å²) in [6.45, 7) is 5.53. The molecule has 0 aliphatic carbocycles. The van der Waals surface area contributed by atoms with Crippen LogP contribution in [0.3, 0.4) is 0 Å². The van der Waals surface area contributed by atoms with Crippen LogP contribution in [-0.2, 0) is 6.42 Å². The van der Waals surface area contributed by atoms with Crippen LogP contribution in [0.2, 0.25) is 0 Å². The van der Waals surface area contributed by atoms with Crippen LogP contribution in [0.1, 0.15) is 12.0 Å². The summed E-state index contributed by atoms with van der Waals surface area (Å²) in [6.07, 6.45) is 2.32. The van der Waals surface area contributed by atoms with Crippen LogP contribution in [0.4, 0.5) is 11.5 Å². The molecule has 4 rings (SSSR count). The van der Waals surface area contributed by atoms with Crippen molar-refractivity contribution >= 4 is 33.1 Å². The fourth-order valence-electron chi connectivity index (χ4n) is 3.48. The Morgan fingerprint density at radius 2 is 1.72 bits per heavy atom. The van der Waals surface area contributed by atoms with Gasteiger partial charge < -0.3 is 10.6 Å². The van der Waals surface area contributed by atoms with Crippen molar-refractivity contribution in [1.82, 2.24) is 9.27 Å². The first-order valence-electron chi connectivity index (χ1n) is 8.96. The Morgan fingerprint density at radius 1 is 0.960 bits per heavy atom. The molecular formula is C20H24N4S. The number of nitrogens with two attached hydrogens (primary N) is 1. The minimum atomic E-state index is 0.842. The maximum atomic E-state index is 5.74. The third kappa shape index (κ3) is 3.78. The lowest BCUT2D eigenvalue weighted by molar-refractivity contribution is 0.255. The predicted octanol–water partition coefficient (Wildman–Crippen LogP) is 3.63. The maximum Gasteiger partial charge on any atom is 0.150 e. The molecule has 3 aromatic rings. The summed E-state index contributed by atoms with van der Waals surface area (Å²) in [5.41, 5.74) is 7.96. The number of aryl methyl sites for hydroxylation is 1. The Bertz CT molecular complexity index is 819. The Balaban J connectivity index is 1.27. The molecule has 130 valence electrons. The van der Waals surface area contributed by atoms with Crippen LogP contribution in [-0.4, -0.2) is 42.0 Å². The van der Waals surface area contributed by atoms with Gasteiger partial charge in [-0.3, -0.25) is 4.90 Å². The standard InChI is InChI=1S/C20H24N4S/c21-17-9-7-16(8-10-17)4-3-11-23-12-14-24(15-13-23)20-18-5-1-2-6-19(18)25-22-20/h1-2,5-10H,3-4,11-15,21H2. The van der Waals surface area contributed by atoms with E-state index in [0.29, 0.717) is 0 Å². The normalized spacial score (nSPS) is 15.8. The van der Waals surface area contributed by atoms with Crippen LogP contribution >= 0.6 is 11.5 Å². The first-order chi connectivity index (χ1) is 12.3. The summed E-state index contributed by atoms with van der Waals surface area (Å²) in [5, 5.41) is 1.30. The Hall–Kier alpha value is -2.11. The van der Waals surface area contributed by atoms with E-state index in [1.165, 1.54) is 27.9 Å². The highest BCUT2D eigenvalue weighted by Crippen LogP contribution is 2.29. The van der Waals surface area contributed by atoms with Gasteiger partial charge in [0, 0.05) is 37.3 Å². The average Bonchev–Trinajstić information content (AvgIpc) is 3.08. The van der Waals surface area contributed by atoms with Crippen LogP contribution < -0.4 is 10.6 Å². The van der Waals surface area contributed by atoms with Crippen molar-refractivity contribution in [2.24, 2.45) is 0 Å². The highest BCUT2D eigenvalue weighted by Gasteiger charge is 2.20. The molecule has 5 heteroatoms. The fourth-order valence-corrected chi connectivity index (χ4v) is 4.27. The molecule has 2 heterocycles. The van der Waals surface area contributed by atoms with E-state index in [2.05, 4.69) is 46.2 Å². The molecule has 0 spiro atoms. The molecule has 2 N–H and O–H groups in total. The number of nitrogens with zero attached hydrogens (tertiary/aromatic N) is 3. The molecule has 1 fully saturated rings. The summed E-state index contributed by atoms with van der Waals surface area (Å²) in [4.78, 5) is 5.01. The minimum Gasteiger partial charge on any atom is -0.399 e. The highest BCUT2D eigenvalue weighted by atomic mass is 32.1. The number of nitrogen functional groups attached to an aromatic ring is 1. The van der Waals surface area contributed by atoms with Crippen LogP contribution in [0, 0.1) is 0 Å². The Labute approximate surface area is 153 Å². The van der Waals surface area contributed by atoms with E-state index in [9.17, 15) is 0 Å². The number of hydrogen-bond acceptors (Lipinski definition) is 5. The largest absolute Gasteiger partial charge is 0.399 e. The van der Waals surface area contributed by atoms with Gasteiger partial charge in [0.05, 0.1) is 4.70 Å². The quantitative estimate of drug-likeness (QED) is 0.712. The van der Waals surface area contributed by atoms with Gasteiger partial charge >= 0.3 is 0 Å². The first-order valence-corrected chi connectivity index (χ1v) is 9.73. The summed E-state index contributed by atoms with van der Waals surface area (Å²) < 4.78 is 5.97. The fraction of sp³-hybridized carbons (Fsp3) is 0.350. The first kappa shape index (κ1) is 16.4. The lowest BCUT2D eigenvalue weighted by Crippen LogP contribution is -2.46. The molecule has 0 saturated carbocycles. The van der Waals surface area contributed by atoms with Crippen LogP contribution in [0.15, 0.2) is 48.5 Å². The number of piperazine rings is 1. The van der Waals surface area contributed by atoms with Gasteiger partial charge in [-0.15, -0.1) is 0 Å². The van der Waals surface area contributed by atoms with E-state index in [1.54, 1.807) is 11.5 Å². The lowest BCUT2D eigenvalue weighted by Gasteiger charge is -2.35. The molecule has 0 amide bonds. The monoisotopic (exact) mass is 352 g/mol. The van der Waals surface area contributed by atoms with Crippen molar-refractivity contribution in [3.8, 4) is 0 Å². The predicted molar refractivity (Wildman–Crippen MR) is 107 cm³/mol. The highest BCUT2D eigenvalue weighted by molar-refractivity contribution is 7.13. The van der Waals surface area contributed by atoms with Gasteiger partial charge in [0.2, 0.25) is 0 Å². The molecule has 0 atom stereocenters. The van der Waals surface area contributed by atoms with Crippen molar-refractivity contribution in [1.29, 1.82) is 0 Å². The lowest BCUT2D eigenvalue weighted by atomic mass is 10.1. The molecule has 1 aliphatic heterocycles. The zero-order valence-electron chi connectivity index (χ0n) is 14.4. The zero-order valence-corrected chi connectivity index (χ0v) is 15.2. The van der Waals surface area contributed by atoms with E-state index in [-0.39, 0.29) is 0 Å². The molecule has 0 radical (unpaired) electrons. The van der Waals surface area contributed by atoms with Gasteiger partial charge in [-0.25, -0.2) is 0 Å². The minimum absolute atomic E-state index is 0.842. The summed E-state index contributed by atoms with van der Waals surface area (Å²) in [5.74, 6) is 1.17. The maximum absolute atomic E-state index is 5.74. The number of benzene rings is 2. The smallest absolute Gasteiger partial charge is 0.150 e. The van der Waals surface area contributed by atoms with Crippen molar-refractivity contribution < 1.29 is 0 Å².